The van der Waals surface area contributed by atoms with Gasteiger partial charge in [-0.2, -0.15) is 0 Å². The van der Waals surface area contributed by atoms with Crippen LogP contribution >= 0.6 is 0 Å². The van der Waals surface area contributed by atoms with Crippen molar-refractivity contribution in [1.82, 2.24) is 4.90 Å². The van der Waals surface area contributed by atoms with E-state index in [9.17, 15) is 4.79 Å². The Hall–Kier alpha value is -1.55. The summed E-state index contributed by atoms with van der Waals surface area (Å²) in [4.78, 5) is 12.3. The number of nitrogens with zero attached hydrogens (tertiary/aromatic N) is 1. The molecule has 88 valence electrons. The van der Waals surface area contributed by atoms with E-state index in [1.54, 1.807) is 0 Å². The van der Waals surface area contributed by atoms with Crippen molar-refractivity contribution in [1.29, 1.82) is 0 Å². The number of ether oxygens (including phenoxy) is 1. The van der Waals surface area contributed by atoms with Crippen molar-refractivity contribution in [2.45, 2.75) is 6.92 Å². The van der Waals surface area contributed by atoms with Crippen LogP contribution in [0.1, 0.15) is 6.92 Å². The molecule has 4 heteroatoms. The van der Waals surface area contributed by atoms with Crippen LogP contribution in [0.4, 0.5) is 0 Å². The first-order valence-electron chi connectivity index (χ1n) is 5.34. The molecular formula is C12H17NO3. The van der Waals surface area contributed by atoms with Crippen LogP contribution in [-0.4, -0.2) is 42.2 Å². The van der Waals surface area contributed by atoms with Gasteiger partial charge in [-0.3, -0.25) is 9.69 Å². The Morgan fingerprint density at radius 1 is 1.38 bits per heavy atom. The fourth-order valence-electron chi connectivity index (χ4n) is 1.35. The first kappa shape index (κ1) is 12.5. The third kappa shape index (κ3) is 4.79. The number of likely N-dealkylation sites (N-methyl/N-ethyl adjacent to an activating group) is 1. The molecule has 0 saturated heterocycles. The zero-order valence-electron chi connectivity index (χ0n) is 9.43. The van der Waals surface area contributed by atoms with E-state index >= 15 is 0 Å². The standard InChI is InChI=1S/C12H17NO3/c1-2-13(10-12(14)15)8-9-16-11-6-4-3-5-7-11/h3-7H,2,8-10H2,1H3,(H,14,15). The summed E-state index contributed by atoms with van der Waals surface area (Å²) in [6.07, 6.45) is 0. The van der Waals surface area contributed by atoms with Gasteiger partial charge in [0, 0.05) is 6.54 Å². The van der Waals surface area contributed by atoms with Gasteiger partial charge >= 0.3 is 5.97 Å². The van der Waals surface area contributed by atoms with E-state index in [0.717, 1.165) is 5.75 Å². The molecule has 16 heavy (non-hydrogen) atoms. The summed E-state index contributed by atoms with van der Waals surface area (Å²) >= 11 is 0. The minimum Gasteiger partial charge on any atom is -0.492 e. The van der Waals surface area contributed by atoms with E-state index in [4.69, 9.17) is 9.84 Å². The van der Waals surface area contributed by atoms with E-state index in [-0.39, 0.29) is 6.54 Å². The van der Waals surface area contributed by atoms with Crippen molar-refractivity contribution in [3.05, 3.63) is 30.3 Å². The summed E-state index contributed by atoms with van der Waals surface area (Å²) in [5, 5.41) is 8.65. The lowest BCUT2D eigenvalue weighted by molar-refractivity contribution is -0.138. The minimum atomic E-state index is -0.804. The van der Waals surface area contributed by atoms with Crippen molar-refractivity contribution in [3.63, 3.8) is 0 Å². The summed E-state index contributed by atoms with van der Waals surface area (Å²) in [5.74, 6) is 0.00967. The molecule has 0 fully saturated rings. The Bertz CT molecular complexity index is 313. The lowest BCUT2D eigenvalue weighted by Crippen LogP contribution is -2.33. The molecule has 0 aromatic heterocycles. The van der Waals surface area contributed by atoms with Gasteiger partial charge in [0.2, 0.25) is 0 Å². The van der Waals surface area contributed by atoms with Crippen molar-refractivity contribution < 1.29 is 14.6 Å². The molecule has 1 rings (SSSR count). The second kappa shape index (κ2) is 6.85. The maximum absolute atomic E-state index is 10.5. The molecule has 0 bridgehead atoms. The highest BCUT2D eigenvalue weighted by Crippen LogP contribution is 2.07. The van der Waals surface area contributed by atoms with E-state index in [1.165, 1.54) is 0 Å². The highest BCUT2D eigenvalue weighted by atomic mass is 16.5. The predicted molar refractivity (Wildman–Crippen MR) is 61.7 cm³/mol. The molecule has 0 atom stereocenters. The Morgan fingerprint density at radius 2 is 2.06 bits per heavy atom. The molecule has 0 aliphatic rings. The van der Waals surface area contributed by atoms with Crippen molar-refractivity contribution in [2.24, 2.45) is 0 Å². The number of hydrogen-bond acceptors (Lipinski definition) is 3. The van der Waals surface area contributed by atoms with E-state index in [1.807, 2.05) is 42.2 Å². The Labute approximate surface area is 95.5 Å². The maximum Gasteiger partial charge on any atom is 0.317 e. The van der Waals surface area contributed by atoms with Crippen LogP contribution in [-0.2, 0) is 4.79 Å². The van der Waals surface area contributed by atoms with Gasteiger partial charge in [0.15, 0.2) is 0 Å². The smallest absolute Gasteiger partial charge is 0.317 e. The van der Waals surface area contributed by atoms with Crippen molar-refractivity contribution in [2.75, 3.05) is 26.2 Å². The van der Waals surface area contributed by atoms with Crippen LogP contribution in [0.3, 0.4) is 0 Å². The number of aliphatic carboxylic acids is 1. The van der Waals surface area contributed by atoms with Crippen LogP contribution < -0.4 is 4.74 Å². The summed E-state index contributed by atoms with van der Waals surface area (Å²) in [7, 11) is 0. The quantitative estimate of drug-likeness (QED) is 0.760. The predicted octanol–water partition coefficient (Wildman–Crippen LogP) is 1.47. The molecule has 4 nitrogen and oxygen atoms in total. The second-order valence-electron chi connectivity index (χ2n) is 3.42. The van der Waals surface area contributed by atoms with Crippen LogP contribution in [0, 0.1) is 0 Å². The molecule has 0 aliphatic heterocycles. The first-order valence-corrected chi connectivity index (χ1v) is 5.34. The number of carbonyl (C=O) groups is 1. The van der Waals surface area contributed by atoms with Gasteiger partial charge in [-0.25, -0.2) is 0 Å². The first-order chi connectivity index (χ1) is 7.72. The van der Waals surface area contributed by atoms with Gasteiger partial charge in [-0.05, 0) is 18.7 Å². The Kier molecular flexibility index (Phi) is 5.36. The molecule has 1 aromatic rings. The number of rotatable bonds is 7. The van der Waals surface area contributed by atoms with Crippen molar-refractivity contribution >= 4 is 5.97 Å². The van der Waals surface area contributed by atoms with Gasteiger partial charge in [0.25, 0.3) is 0 Å². The van der Waals surface area contributed by atoms with Gasteiger partial charge in [-0.15, -0.1) is 0 Å². The van der Waals surface area contributed by atoms with Crippen LogP contribution in [0.5, 0.6) is 5.75 Å². The molecular weight excluding hydrogens is 206 g/mol. The second-order valence-corrected chi connectivity index (χ2v) is 3.42. The normalized spacial score (nSPS) is 10.4. The summed E-state index contributed by atoms with van der Waals surface area (Å²) < 4.78 is 5.49. The minimum absolute atomic E-state index is 0.0641. The highest BCUT2D eigenvalue weighted by Gasteiger charge is 2.06. The number of carboxylic acid groups (broad SMARTS) is 1. The zero-order chi connectivity index (χ0) is 11.8. The fraction of sp³-hybridized carbons (Fsp3) is 0.417. The van der Waals surface area contributed by atoms with Crippen LogP contribution in [0.15, 0.2) is 30.3 Å². The SMILES string of the molecule is CCN(CCOc1ccccc1)CC(=O)O. The summed E-state index contributed by atoms with van der Waals surface area (Å²) in [6, 6.07) is 9.50. The lowest BCUT2D eigenvalue weighted by Gasteiger charge is -2.17. The third-order valence-electron chi connectivity index (χ3n) is 2.23. The largest absolute Gasteiger partial charge is 0.492 e. The summed E-state index contributed by atoms with van der Waals surface area (Å²) in [5.41, 5.74) is 0. The number of para-hydroxylation sites is 1. The average Bonchev–Trinajstić information content (AvgIpc) is 2.28. The molecule has 1 aromatic carbocycles. The molecule has 0 unspecified atom stereocenters. The molecule has 0 saturated carbocycles. The van der Waals surface area contributed by atoms with E-state index < -0.39 is 5.97 Å². The Morgan fingerprint density at radius 3 is 2.62 bits per heavy atom. The number of hydrogen-bond donors (Lipinski definition) is 1. The molecule has 0 amide bonds. The molecule has 0 radical (unpaired) electrons. The van der Waals surface area contributed by atoms with Crippen LogP contribution in [0.2, 0.25) is 0 Å². The van der Waals surface area contributed by atoms with Crippen molar-refractivity contribution in [3.8, 4) is 5.75 Å². The highest BCUT2D eigenvalue weighted by molar-refractivity contribution is 5.69. The topological polar surface area (TPSA) is 49.8 Å². The van der Waals surface area contributed by atoms with E-state index in [2.05, 4.69) is 0 Å². The molecule has 0 heterocycles. The average molecular weight is 223 g/mol. The number of benzene rings is 1. The Balaban J connectivity index is 2.26. The van der Waals surface area contributed by atoms with Gasteiger partial charge in [0.1, 0.15) is 12.4 Å². The third-order valence-corrected chi connectivity index (χ3v) is 2.23. The molecule has 1 N–H and O–H groups in total. The van der Waals surface area contributed by atoms with Crippen LogP contribution in [0.25, 0.3) is 0 Å². The number of carboxylic acids is 1. The molecule has 0 spiro atoms. The summed E-state index contributed by atoms with van der Waals surface area (Å²) in [6.45, 7) is 3.84. The van der Waals surface area contributed by atoms with Gasteiger partial charge in [0.05, 0.1) is 6.54 Å². The monoisotopic (exact) mass is 223 g/mol. The van der Waals surface area contributed by atoms with Gasteiger partial charge < -0.3 is 9.84 Å². The van der Waals surface area contributed by atoms with Gasteiger partial charge in [-0.1, -0.05) is 25.1 Å². The molecule has 0 aliphatic carbocycles. The maximum atomic E-state index is 10.5. The van der Waals surface area contributed by atoms with E-state index in [0.29, 0.717) is 19.7 Å². The fourth-order valence-corrected chi connectivity index (χ4v) is 1.35. The lowest BCUT2D eigenvalue weighted by atomic mass is 10.3. The zero-order valence-corrected chi connectivity index (χ0v) is 9.43.